The zero-order chi connectivity index (χ0) is 14.5. The summed E-state index contributed by atoms with van der Waals surface area (Å²) < 4.78 is 7.15. The molecule has 0 saturated carbocycles. The fourth-order valence-electron chi connectivity index (χ4n) is 3.27. The quantitative estimate of drug-likeness (QED) is 0.321. The van der Waals surface area contributed by atoms with Crippen molar-refractivity contribution in [3.8, 4) is 0 Å². The molecule has 0 aromatic heterocycles. The SMILES string of the molecule is c1ccc2cc3c(ccc4cccc([Si]5N[Si]N5)c43)cc2c1. The Labute approximate surface area is 132 Å². The molecule has 0 atom stereocenters. The lowest BCUT2D eigenvalue weighted by Gasteiger charge is -2.27. The maximum absolute atomic E-state index is 3.57. The number of fused-ring (bicyclic) bond motifs is 4. The van der Waals surface area contributed by atoms with Gasteiger partial charge in [0.1, 0.15) is 0 Å². The van der Waals surface area contributed by atoms with Crippen LogP contribution >= 0.6 is 0 Å². The van der Waals surface area contributed by atoms with Crippen molar-refractivity contribution in [2.24, 2.45) is 0 Å². The average Bonchev–Trinajstić information content (AvgIpc) is 2.51. The van der Waals surface area contributed by atoms with Gasteiger partial charge in [0.2, 0.25) is 19.0 Å². The summed E-state index contributed by atoms with van der Waals surface area (Å²) in [4.78, 5) is 0. The van der Waals surface area contributed by atoms with E-state index in [1.165, 1.54) is 37.5 Å². The highest BCUT2D eigenvalue weighted by Gasteiger charge is 2.25. The fraction of sp³-hybridized carbons (Fsp3) is 0. The number of nitrogens with one attached hydrogen (secondary N) is 2. The van der Waals surface area contributed by atoms with Crippen LogP contribution in [0.3, 0.4) is 0 Å². The molecule has 4 aromatic carbocycles. The molecule has 1 aliphatic heterocycles. The Morgan fingerprint density at radius 2 is 1.41 bits per heavy atom. The zero-order valence-corrected chi connectivity index (χ0v) is 13.9. The Balaban J connectivity index is 1.94. The summed E-state index contributed by atoms with van der Waals surface area (Å²) in [6.07, 6.45) is 0. The Morgan fingerprint density at radius 1 is 0.682 bits per heavy atom. The lowest BCUT2D eigenvalue weighted by Crippen LogP contribution is -2.72. The predicted molar refractivity (Wildman–Crippen MR) is 96.4 cm³/mol. The Morgan fingerprint density at radius 3 is 2.18 bits per heavy atom. The molecular weight excluding hydrogens is 300 g/mol. The van der Waals surface area contributed by atoms with Gasteiger partial charge < -0.3 is 9.30 Å². The van der Waals surface area contributed by atoms with E-state index in [1.54, 1.807) is 0 Å². The van der Waals surface area contributed by atoms with Crippen molar-refractivity contribution in [3.63, 3.8) is 0 Å². The first-order valence-electron chi connectivity index (χ1n) is 7.39. The van der Waals surface area contributed by atoms with Gasteiger partial charge in [-0.2, -0.15) is 0 Å². The minimum absolute atomic E-state index is 0.705. The van der Waals surface area contributed by atoms with E-state index in [2.05, 4.69) is 76.0 Å². The van der Waals surface area contributed by atoms with Crippen molar-refractivity contribution in [2.75, 3.05) is 0 Å². The number of hydrogen-bond acceptors (Lipinski definition) is 2. The minimum Gasteiger partial charge on any atom is -0.333 e. The predicted octanol–water partition coefficient (Wildman–Crippen LogP) is 2.57. The van der Waals surface area contributed by atoms with Crippen molar-refractivity contribution in [1.82, 2.24) is 9.30 Å². The van der Waals surface area contributed by atoms with Crippen LogP contribution in [0, 0.1) is 0 Å². The van der Waals surface area contributed by atoms with E-state index in [1.807, 2.05) is 0 Å². The Kier molecular flexibility index (Phi) is 2.71. The first-order valence-corrected chi connectivity index (χ1v) is 9.89. The van der Waals surface area contributed by atoms with Gasteiger partial charge in [-0.25, -0.2) is 0 Å². The topological polar surface area (TPSA) is 24.1 Å². The molecule has 2 nitrogen and oxygen atoms in total. The summed E-state index contributed by atoms with van der Waals surface area (Å²) in [5.74, 6) is 0. The summed E-state index contributed by atoms with van der Waals surface area (Å²) in [5.41, 5.74) is 0. The molecule has 0 aliphatic carbocycles. The van der Waals surface area contributed by atoms with Gasteiger partial charge in [0, 0.05) is 0 Å². The highest BCUT2D eigenvalue weighted by atomic mass is 28.4. The Hall–Kier alpha value is -1.99. The molecule has 5 rings (SSSR count). The molecule has 4 aromatic rings. The third kappa shape index (κ3) is 1.79. The number of benzene rings is 4. The lowest BCUT2D eigenvalue weighted by molar-refractivity contribution is 1.24. The summed E-state index contributed by atoms with van der Waals surface area (Å²) >= 11 is 0. The van der Waals surface area contributed by atoms with Gasteiger partial charge in [-0.1, -0.05) is 54.6 Å². The van der Waals surface area contributed by atoms with Gasteiger partial charge in [0.15, 0.2) is 0 Å². The van der Waals surface area contributed by atoms with Crippen molar-refractivity contribution in [2.45, 2.75) is 0 Å². The van der Waals surface area contributed by atoms with Crippen LogP contribution in [-0.4, -0.2) is 19.0 Å². The van der Waals surface area contributed by atoms with E-state index >= 15 is 0 Å². The van der Waals surface area contributed by atoms with Gasteiger partial charge in [0.25, 0.3) is 0 Å². The second-order valence-electron chi connectivity index (χ2n) is 5.64. The highest BCUT2D eigenvalue weighted by molar-refractivity contribution is 6.88. The molecular formula is C18H13N2Si2. The molecule has 1 aliphatic rings. The van der Waals surface area contributed by atoms with Crippen LogP contribution in [0.2, 0.25) is 0 Å². The summed E-state index contributed by atoms with van der Waals surface area (Å²) in [6, 6.07) is 24.4. The molecule has 0 unspecified atom stereocenters. The van der Waals surface area contributed by atoms with E-state index in [9.17, 15) is 0 Å². The maximum Gasteiger partial charge on any atom is 0.249 e. The van der Waals surface area contributed by atoms with Gasteiger partial charge in [-0.3, -0.25) is 0 Å². The molecule has 22 heavy (non-hydrogen) atoms. The summed E-state index contributed by atoms with van der Waals surface area (Å²) in [7, 11) is -0.0771. The number of hydrogen-bond donors (Lipinski definition) is 2. The maximum atomic E-state index is 3.57. The molecule has 4 heteroatoms. The van der Waals surface area contributed by atoms with Crippen LogP contribution in [0.4, 0.5) is 0 Å². The standard InChI is InChI=1S/C18H13N2Si2/c1-2-5-14-11-16-15(10-13(14)4-1)9-8-12-6-3-7-17(18(12)16)22-19-21-20-22/h1-11,19-20H. The fourth-order valence-corrected chi connectivity index (χ4v) is 6.14. The van der Waals surface area contributed by atoms with E-state index in [0.29, 0.717) is 9.84 Å². The number of rotatable bonds is 1. The molecule has 1 heterocycles. The molecule has 103 valence electrons. The first kappa shape index (κ1) is 12.5. The van der Waals surface area contributed by atoms with E-state index in [0.717, 1.165) is 0 Å². The van der Waals surface area contributed by atoms with Crippen LogP contribution in [0.1, 0.15) is 0 Å². The second-order valence-corrected chi connectivity index (χ2v) is 9.18. The van der Waals surface area contributed by atoms with Crippen molar-refractivity contribution in [1.29, 1.82) is 0 Å². The lowest BCUT2D eigenvalue weighted by atomic mass is 9.98. The average molecular weight is 313 g/mol. The van der Waals surface area contributed by atoms with Crippen LogP contribution in [-0.2, 0) is 0 Å². The van der Waals surface area contributed by atoms with Gasteiger partial charge in [-0.05, 0) is 49.6 Å². The van der Waals surface area contributed by atoms with E-state index in [-0.39, 0.29) is 0 Å². The molecule has 0 spiro atoms. The summed E-state index contributed by atoms with van der Waals surface area (Å²) in [5, 5.41) is 9.49. The monoisotopic (exact) mass is 313 g/mol. The van der Waals surface area contributed by atoms with Crippen molar-refractivity contribution in [3.05, 3.63) is 66.7 Å². The second kappa shape index (κ2) is 4.76. The minimum atomic E-state index is -0.782. The van der Waals surface area contributed by atoms with Gasteiger partial charge >= 0.3 is 0 Å². The molecule has 0 bridgehead atoms. The third-order valence-electron chi connectivity index (χ3n) is 4.37. The zero-order valence-electron chi connectivity index (χ0n) is 11.9. The van der Waals surface area contributed by atoms with Crippen molar-refractivity contribution < 1.29 is 0 Å². The van der Waals surface area contributed by atoms with E-state index in [4.69, 9.17) is 0 Å². The molecule has 1 fully saturated rings. The molecule has 2 N–H and O–H groups in total. The van der Waals surface area contributed by atoms with Crippen molar-refractivity contribution >= 4 is 56.5 Å². The third-order valence-corrected chi connectivity index (χ3v) is 8.33. The van der Waals surface area contributed by atoms with Gasteiger partial charge in [0.05, 0.1) is 0 Å². The largest absolute Gasteiger partial charge is 0.333 e. The van der Waals surface area contributed by atoms with Crippen LogP contribution < -0.4 is 14.5 Å². The highest BCUT2D eigenvalue weighted by Crippen LogP contribution is 2.28. The van der Waals surface area contributed by atoms with Gasteiger partial charge in [-0.15, -0.1) is 0 Å². The van der Waals surface area contributed by atoms with Crippen LogP contribution in [0.15, 0.2) is 66.7 Å². The molecule has 3 radical (unpaired) electrons. The van der Waals surface area contributed by atoms with E-state index < -0.39 is 9.12 Å². The van der Waals surface area contributed by atoms with Crippen LogP contribution in [0.25, 0.3) is 32.3 Å². The smallest absolute Gasteiger partial charge is 0.249 e. The normalized spacial score (nSPS) is 15.5. The molecule has 0 amide bonds. The van der Waals surface area contributed by atoms with Crippen LogP contribution in [0.5, 0.6) is 0 Å². The Bertz CT molecular complexity index is 1030. The molecule has 1 saturated heterocycles. The first-order chi connectivity index (χ1) is 10.9. The summed E-state index contributed by atoms with van der Waals surface area (Å²) in [6.45, 7) is 0.